The molecule has 2 aromatic carbocycles. The van der Waals surface area contributed by atoms with Crippen molar-refractivity contribution in [2.24, 2.45) is 5.10 Å². The molecule has 0 radical (unpaired) electrons. The number of anilines is 2. The van der Waals surface area contributed by atoms with Gasteiger partial charge < -0.3 is 10.4 Å². The van der Waals surface area contributed by atoms with Gasteiger partial charge in [-0.3, -0.25) is 14.9 Å². The van der Waals surface area contributed by atoms with E-state index in [1.165, 1.54) is 37.3 Å². The standard InChI is InChI=1S/C21H20N4O4S2/c1-14(17-5-3-6-19(13-17)22-15(2)26)23-24-21(27)16-8-10-18(11-9-16)25-31(28,29)20-7-4-12-30-20/h3-13,23,25H,1H2,2H3,(H,22,26)(H,24,27)/p-1. The highest BCUT2D eigenvalue weighted by molar-refractivity contribution is 7.94. The van der Waals surface area contributed by atoms with Crippen LogP contribution in [0.15, 0.2) is 81.9 Å². The molecule has 0 unspecified atom stereocenters. The fraction of sp³-hybridized carbons (Fsp3) is 0.0476. The maximum atomic E-state index is 12.3. The average molecular weight is 456 g/mol. The second-order valence-electron chi connectivity index (χ2n) is 6.38. The third-order valence-corrected chi connectivity index (χ3v) is 6.75. The molecule has 160 valence electrons. The summed E-state index contributed by atoms with van der Waals surface area (Å²) in [5.74, 6) is -0.747. The quantitative estimate of drug-likeness (QED) is 0.274. The van der Waals surface area contributed by atoms with E-state index in [2.05, 4.69) is 27.1 Å². The highest BCUT2D eigenvalue weighted by Gasteiger charge is 2.14. The molecule has 0 aliphatic carbocycles. The molecule has 31 heavy (non-hydrogen) atoms. The van der Waals surface area contributed by atoms with Gasteiger partial charge in [-0.2, -0.15) is 5.10 Å². The van der Waals surface area contributed by atoms with E-state index in [0.29, 0.717) is 22.6 Å². The van der Waals surface area contributed by atoms with E-state index in [-0.39, 0.29) is 15.7 Å². The summed E-state index contributed by atoms with van der Waals surface area (Å²) in [6.07, 6.45) is 0. The summed E-state index contributed by atoms with van der Waals surface area (Å²) in [4.78, 5) is 11.2. The van der Waals surface area contributed by atoms with E-state index in [1.807, 2.05) is 0 Å². The molecule has 1 aromatic heterocycles. The summed E-state index contributed by atoms with van der Waals surface area (Å²) in [5.41, 5.74) is 4.83. The number of thiophene rings is 1. The zero-order chi connectivity index (χ0) is 22.4. The molecule has 3 rings (SSSR count). The number of carbonyl (C=O) groups excluding carboxylic acids is 1. The van der Waals surface area contributed by atoms with E-state index in [1.54, 1.807) is 35.7 Å². The first kappa shape index (κ1) is 22.1. The SMILES string of the molecule is C=C(NN=C([O-])c1ccc(NS(=O)(=O)c2cccs2)cc1)c1cccc(NC(C)=O)c1. The van der Waals surface area contributed by atoms with Crippen LogP contribution in [0.5, 0.6) is 0 Å². The molecule has 0 atom stereocenters. The number of rotatable bonds is 8. The van der Waals surface area contributed by atoms with Gasteiger partial charge in [0.1, 0.15) is 4.21 Å². The molecule has 0 aliphatic heterocycles. The molecule has 0 bridgehead atoms. The number of sulfonamides is 1. The van der Waals surface area contributed by atoms with Gasteiger partial charge in [0.15, 0.2) is 0 Å². The van der Waals surface area contributed by atoms with Crippen LogP contribution in [0, 0.1) is 0 Å². The number of carbonyl (C=O) groups is 1. The molecular formula is C21H19N4O4S2-. The smallest absolute Gasteiger partial charge is 0.271 e. The molecule has 1 amide bonds. The van der Waals surface area contributed by atoms with Gasteiger partial charge in [-0.05, 0) is 41.3 Å². The summed E-state index contributed by atoms with van der Waals surface area (Å²) in [5, 5.41) is 20.4. The predicted octanol–water partition coefficient (Wildman–Crippen LogP) is 2.79. The van der Waals surface area contributed by atoms with Crippen molar-refractivity contribution in [1.29, 1.82) is 0 Å². The van der Waals surface area contributed by atoms with Crippen molar-refractivity contribution in [3.05, 3.63) is 83.7 Å². The topological polar surface area (TPSA) is 123 Å². The summed E-state index contributed by atoms with van der Waals surface area (Å²) in [7, 11) is -3.66. The number of hydrogen-bond donors (Lipinski definition) is 3. The Morgan fingerprint density at radius 2 is 1.77 bits per heavy atom. The normalized spacial score (nSPS) is 11.6. The van der Waals surface area contributed by atoms with Crippen LogP contribution in [0.1, 0.15) is 18.1 Å². The summed E-state index contributed by atoms with van der Waals surface area (Å²) >= 11 is 1.11. The van der Waals surface area contributed by atoms with Crippen molar-refractivity contribution in [3.63, 3.8) is 0 Å². The molecule has 0 saturated heterocycles. The Kier molecular flexibility index (Phi) is 6.73. The number of nitrogens with zero attached hydrogens (tertiary/aromatic N) is 1. The largest absolute Gasteiger partial charge is 0.857 e. The summed E-state index contributed by atoms with van der Waals surface area (Å²) in [6.45, 7) is 5.25. The summed E-state index contributed by atoms with van der Waals surface area (Å²) < 4.78 is 27.2. The lowest BCUT2D eigenvalue weighted by molar-refractivity contribution is -0.213. The number of amides is 1. The summed E-state index contributed by atoms with van der Waals surface area (Å²) in [6, 6.07) is 16.0. The van der Waals surface area contributed by atoms with Gasteiger partial charge in [-0.1, -0.05) is 36.9 Å². The van der Waals surface area contributed by atoms with Crippen molar-refractivity contribution < 1.29 is 18.3 Å². The van der Waals surface area contributed by atoms with E-state index >= 15 is 0 Å². The Hall–Kier alpha value is -3.63. The minimum absolute atomic E-state index is 0.197. The van der Waals surface area contributed by atoms with Gasteiger partial charge in [0.05, 0.1) is 5.70 Å². The first-order chi connectivity index (χ1) is 14.7. The second-order valence-corrected chi connectivity index (χ2v) is 9.24. The zero-order valence-corrected chi connectivity index (χ0v) is 18.1. The Morgan fingerprint density at radius 1 is 1.03 bits per heavy atom. The maximum Gasteiger partial charge on any atom is 0.271 e. The van der Waals surface area contributed by atoms with E-state index in [4.69, 9.17) is 0 Å². The molecule has 0 saturated carbocycles. The van der Waals surface area contributed by atoms with Crippen LogP contribution in [-0.4, -0.2) is 20.2 Å². The van der Waals surface area contributed by atoms with E-state index in [9.17, 15) is 18.3 Å². The number of hydrazone groups is 1. The Morgan fingerprint density at radius 3 is 2.42 bits per heavy atom. The maximum absolute atomic E-state index is 12.3. The molecule has 3 N–H and O–H groups in total. The zero-order valence-electron chi connectivity index (χ0n) is 16.5. The molecule has 3 aromatic rings. The van der Waals surface area contributed by atoms with Crippen LogP contribution >= 0.6 is 11.3 Å². The first-order valence-electron chi connectivity index (χ1n) is 8.99. The number of nitrogens with one attached hydrogen (secondary N) is 3. The Bertz CT molecular complexity index is 1220. The van der Waals surface area contributed by atoms with Gasteiger partial charge in [0.2, 0.25) is 5.91 Å². The third-order valence-electron chi connectivity index (χ3n) is 3.97. The highest BCUT2D eigenvalue weighted by atomic mass is 32.2. The van der Waals surface area contributed by atoms with Crippen molar-refractivity contribution in [1.82, 2.24) is 5.43 Å². The van der Waals surface area contributed by atoms with E-state index in [0.717, 1.165) is 11.3 Å². The predicted molar refractivity (Wildman–Crippen MR) is 121 cm³/mol. The van der Waals surface area contributed by atoms with Gasteiger partial charge in [0.25, 0.3) is 10.0 Å². The van der Waals surface area contributed by atoms with Crippen molar-refractivity contribution in [3.8, 4) is 0 Å². The van der Waals surface area contributed by atoms with Crippen LogP contribution in [0.3, 0.4) is 0 Å². The fourth-order valence-corrected chi connectivity index (χ4v) is 4.59. The third kappa shape index (κ3) is 5.93. The minimum Gasteiger partial charge on any atom is -0.857 e. The van der Waals surface area contributed by atoms with Gasteiger partial charge in [0, 0.05) is 29.8 Å². The van der Waals surface area contributed by atoms with Crippen LogP contribution in [0.2, 0.25) is 0 Å². The van der Waals surface area contributed by atoms with Gasteiger partial charge in [-0.25, -0.2) is 8.42 Å². The monoisotopic (exact) mass is 455 g/mol. The van der Waals surface area contributed by atoms with E-state index < -0.39 is 15.9 Å². The van der Waals surface area contributed by atoms with Crippen molar-refractivity contribution in [2.45, 2.75) is 11.1 Å². The lowest BCUT2D eigenvalue weighted by atomic mass is 10.1. The first-order valence-corrected chi connectivity index (χ1v) is 11.4. The van der Waals surface area contributed by atoms with Crippen LogP contribution in [-0.2, 0) is 14.8 Å². The molecule has 10 heteroatoms. The number of benzene rings is 2. The number of hydrogen-bond acceptors (Lipinski definition) is 7. The molecule has 8 nitrogen and oxygen atoms in total. The van der Waals surface area contributed by atoms with Crippen molar-refractivity contribution >= 4 is 50.2 Å². The Labute approximate surface area is 184 Å². The fourth-order valence-electron chi connectivity index (χ4n) is 2.54. The molecular weight excluding hydrogens is 436 g/mol. The molecule has 0 spiro atoms. The molecule has 1 heterocycles. The highest BCUT2D eigenvalue weighted by Crippen LogP contribution is 2.20. The second kappa shape index (κ2) is 9.45. The van der Waals surface area contributed by atoms with Crippen LogP contribution in [0.4, 0.5) is 11.4 Å². The average Bonchev–Trinajstić information content (AvgIpc) is 3.28. The minimum atomic E-state index is -3.66. The lowest BCUT2D eigenvalue weighted by Gasteiger charge is -2.14. The molecule has 0 fully saturated rings. The van der Waals surface area contributed by atoms with Crippen LogP contribution < -0.4 is 20.6 Å². The lowest BCUT2D eigenvalue weighted by Crippen LogP contribution is -2.22. The van der Waals surface area contributed by atoms with Gasteiger partial charge >= 0.3 is 0 Å². The molecule has 0 aliphatic rings. The van der Waals surface area contributed by atoms with Crippen molar-refractivity contribution in [2.75, 3.05) is 10.0 Å². The van der Waals surface area contributed by atoms with Gasteiger partial charge in [-0.15, -0.1) is 11.3 Å². The Balaban J connectivity index is 1.65. The van der Waals surface area contributed by atoms with Crippen LogP contribution in [0.25, 0.3) is 5.70 Å².